The fourth-order valence-corrected chi connectivity index (χ4v) is 2.82. The second-order valence-electron chi connectivity index (χ2n) is 6.17. The van der Waals surface area contributed by atoms with Crippen molar-refractivity contribution in [2.24, 2.45) is 0 Å². The van der Waals surface area contributed by atoms with Crippen LogP contribution in [0.1, 0.15) is 31.5 Å². The number of aromatic hydroxyl groups is 1. The maximum Gasteiger partial charge on any atom is 0.141 e. The minimum Gasteiger partial charge on any atom is -0.506 e. The summed E-state index contributed by atoms with van der Waals surface area (Å²) in [4.78, 5) is 11.2. The van der Waals surface area contributed by atoms with Crippen LogP contribution >= 0.6 is 0 Å². The van der Waals surface area contributed by atoms with Gasteiger partial charge in [0.05, 0.1) is 5.69 Å². The summed E-state index contributed by atoms with van der Waals surface area (Å²) in [5.74, 6) is 0.235. The van der Waals surface area contributed by atoms with Gasteiger partial charge in [-0.15, -0.1) is 0 Å². The summed E-state index contributed by atoms with van der Waals surface area (Å²) >= 11 is 0. The molecule has 0 aliphatic rings. The van der Waals surface area contributed by atoms with Crippen LogP contribution in [0.15, 0.2) is 54.9 Å². The molecule has 1 N–H and O–H groups in total. The molecule has 0 saturated carbocycles. The summed E-state index contributed by atoms with van der Waals surface area (Å²) in [6.07, 6.45) is 4.73. The van der Waals surface area contributed by atoms with Gasteiger partial charge in [0.25, 0.3) is 0 Å². The third kappa shape index (κ3) is 3.71. The van der Waals surface area contributed by atoms with Gasteiger partial charge in [0.2, 0.25) is 0 Å². The number of benzene rings is 1. The van der Waals surface area contributed by atoms with Crippen molar-refractivity contribution in [1.29, 1.82) is 0 Å². The van der Waals surface area contributed by atoms with E-state index in [0.29, 0.717) is 11.6 Å². The highest BCUT2D eigenvalue weighted by molar-refractivity contribution is 5.84. The molecular weight excluding hydrogens is 298 g/mol. The Morgan fingerprint density at radius 2 is 1.83 bits per heavy atom. The molecule has 4 heteroatoms. The van der Waals surface area contributed by atoms with Crippen LogP contribution in [0.5, 0.6) is 5.75 Å². The Balaban J connectivity index is 1.85. The van der Waals surface area contributed by atoms with Crippen molar-refractivity contribution >= 4 is 10.9 Å². The van der Waals surface area contributed by atoms with Crippen LogP contribution < -0.4 is 0 Å². The molecule has 24 heavy (non-hydrogen) atoms. The van der Waals surface area contributed by atoms with E-state index in [9.17, 15) is 5.11 Å². The predicted molar refractivity (Wildman–Crippen MR) is 96.6 cm³/mol. The first-order valence-corrected chi connectivity index (χ1v) is 8.38. The molecule has 1 unspecified atom stereocenters. The highest BCUT2D eigenvalue weighted by atomic mass is 16.3. The van der Waals surface area contributed by atoms with Crippen molar-refractivity contribution in [3.63, 3.8) is 0 Å². The number of hydrogen-bond acceptors (Lipinski definition) is 4. The lowest BCUT2D eigenvalue weighted by Crippen LogP contribution is -2.32. The van der Waals surface area contributed by atoms with E-state index in [4.69, 9.17) is 0 Å². The number of aromatic nitrogens is 2. The molecule has 0 amide bonds. The maximum absolute atomic E-state index is 10.0. The van der Waals surface area contributed by atoms with Crippen molar-refractivity contribution < 1.29 is 5.11 Å². The largest absolute Gasteiger partial charge is 0.506 e. The molecule has 0 aliphatic carbocycles. The van der Waals surface area contributed by atoms with Gasteiger partial charge in [0, 0.05) is 36.9 Å². The molecule has 0 spiro atoms. The van der Waals surface area contributed by atoms with Gasteiger partial charge in [-0.2, -0.15) is 0 Å². The van der Waals surface area contributed by atoms with E-state index in [1.54, 1.807) is 6.07 Å². The molecule has 2 heterocycles. The van der Waals surface area contributed by atoms with Crippen molar-refractivity contribution in [1.82, 2.24) is 14.9 Å². The van der Waals surface area contributed by atoms with E-state index in [2.05, 4.69) is 40.8 Å². The van der Waals surface area contributed by atoms with Crippen molar-refractivity contribution in [2.75, 3.05) is 0 Å². The molecular formula is C20H23N3O. The number of phenolic OH excluding ortho intramolecular Hbond substituents is 1. The SMILES string of the molecule is CCC(C)N(Cc1ccncc1)Cc1ccc2cccc(O)c2n1. The zero-order valence-electron chi connectivity index (χ0n) is 14.2. The molecule has 1 atom stereocenters. The van der Waals surface area contributed by atoms with Crippen molar-refractivity contribution in [3.05, 3.63) is 66.1 Å². The summed E-state index contributed by atoms with van der Waals surface area (Å²) in [6, 6.07) is 14.1. The van der Waals surface area contributed by atoms with Gasteiger partial charge in [0.15, 0.2) is 0 Å². The minimum atomic E-state index is 0.235. The Kier molecular flexibility index (Phi) is 5.06. The van der Waals surface area contributed by atoms with E-state index in [-0.39, 0.29) is 5.75 Å². The number of phenols is 1. The third-order valence-electron chi connectivity index (χ3n) is 4.47. The topological polar surface area (TPSA) is 49.2 Å². The standard InChI is InChI=1S/C20H23N3O/c1-3-15(2)23(13-16-9-11-21-12-10-16)14-18-8-7-17-5-4-6-19(24)20(17)22-18/h4-12,15,24H,3,13-14H2,1-2H3. The third-order valence-corrected chi connectivity index (χ3v) is 4.47. The molecule has 0 bridgehead atoms. The molecule has 0 aliphatic heterocycles. The highest BCUT2D eigenvalue weighted by Gasteiger charge is 2.14. The lowest BCUT2D eigenvalue weighted by Gasteiger charge is -2.28. The quantitative estimate of drug-likeness (QED) is 0.741. The smallest absolute Gasteiger partial charge is 0.141 e. The van der Waals surface area contributed by atoms with E-state index < -0.39 is 0 Å². The summed E-state index contributed by atoms with van der Waals surface area (Å²) in [5.41, 5.74) is 2.88. The van der Waals surface area contributed by atoms with Gasteiger partial charge in [-0.25, -0.2) is 4.98 Å². The van der Waals surface area contributed by atoms with Crippen molar-refractivity contribution in [3.8, 4) is 5.75 Å². The summed E-state index contributed by atoms with van der Waals surface area (Å²) in [7, 11) is 0. The average molecular weight is 321 g/mol. The fraction of sp³-hybridized carbons (Fsp3) is 0.300. The zero-order valence-corrected chi connectivity index (χ0v) is 14.2. The fourth-order valence-electron chi connectivity index (χ4n) is 2.82. The van der Waals surface area contributed by atoms with E-state index in [1.165, 1.54) is 5.56 Å². The molecule has 1 aromatic carbocycles. The Bertz CT molecular complexity index is 804. The van der Waals surface area contributed by atoms with Gasteiger partial charge in [0.1, 0.15) is 11.3 Å². The van der Waals surface area contributed by atoms with Crippen LogP contribution in [0.3, 0.4) is 0 Å². The van der Waals surface area contributed by atoms with E-state index in [1.807, 2.05) is 36.7 Å². The van der Waals surface area contributed by atoms with Crippen molar-refractivity contribution in [2.45, 2.75) is 39.4 Å². The van der Waals surface area contributed by atoms with Gasteiger partial charge in [-0.05, 0) is 43.2 Å². The van der Waals surface area contributed by atoms with E-state index >= 15 is 0 Å². The Hall–Kier alpha value is -2.46. The van der Waals surface area contributed by atoms with Gasteiger partial charge < -0.3 is 5.11 Å². The van der Waals surface area contributed by atoms with Crippen LogP contribution in [0, 0.1) is 0 Å². The number of pyridine rings is 2. The first kappa shape index (κ1) is 16.4. The van der Waals surface area contributed by atoms with E-state index in [0.717, 1.165) is 30.6 Å². The number of fused-ring (bicyclic) bond motifs is 1. The Morgan fingerprint density at radius 1 is 1.04 bits per heavy atom. The van der Waals surface area contributed by atoms with Crippen LogP contribution in [0.2, 0.25) is 0 Å². The highest BCUT2D eigenvalue weighted by Crippen LogP contribution is 2.23. The molecule has 0 radical (unpaired) electrons. The first-order chi connectivity index (χ1) is 11.7. The average Bonchev–Trinajstić information content (AvgIpc) is 2.62. The second-order valence-corrected chi connectivity index (χ2v) is 6.17. The number of nitrogens with zero attached hydrogens (tertiary/aromatic N) is 3. The Labute approximate surface area is 142 Å². The number of rotatable bonds is 6. The lowest BCUT2D eigenvalue weighted by molar-refractivity contribution is 0.184. The Morgan fingerprint density at radius 3 is 2.58 bits per heavy atom. The maximum atomic E-state index is 10.0. The molecule has 0 saturated heterocycles. The summed E-state index contributed by atoms with van der Waals surface area (Å²) in [5, 5.41) is 11.0. The first-order valence-electron chi connectivity index (χ1n) is 8.38. The molecule has 2 aromatic heterocycles. The van der Waals surface area contributed by atoms with Crippen LogP contribution in [0.4, 0.5) is 0 Å². The van der Waals surface area contributed by atoms with Crippen LogP contribution in [-0.4, -0.2) is 26.0 Å². The number of para-hydroxylation sites is 1. The molecule has 0 fully saturated rings. The zero-order chi connectivity index (χ0) is 16.9. The molecule has 3 aromatic rings. The summed E-state index contributed by atoms with van der Waals surface area (Å²) in [6.45, 7) is 6.04. The minimum absolute atomic E-state index is 0.235. The van der Waals surface area contributed by atoms with Crippen LogP contribution in [-0.2, 0) is 13.1 Å². The summed E-state index contributed by atoms with van der Waals surface area (Å²) < 4.78 is 0. The predicted octanol–water partition coefficient (Wildman–Crippen LogP) is 4.14. The normalized spacial score (nSPS) is 12.6. The molecule has 4 nitrogen and oxygen atoms in total. The van der Waals surface area contributed by atoms with Gasteiger partial charge in [-0.3, -0.25) is 9.88 Å². The lowest BCUT2D eigenvalue weighted by atomic mass is 10.1. The molecule has 3 rings (SSSR count). The van der Waals surface area contributed by atoms with Gasteiger partial charge in [-0.1, -0.05) is 25.1 Å². The number of hydrogen-bond donors (Lipinski definition) is 1. The molecule has 124 valence electrons. The van der Waals surface area contributed by atoms with Crippen LogP contribution in [0.25, 0.3) is 10.9 Å². The monoisotopic (exact) mass is 321 g/mol. The van der Waals surface area contributed by atoms with Gasteiger partial charge >= 0.3 is 0 Å². The second kappa shape index (κ2) is 7.41.